The summed E-state index contributed by atoms with van der Waals surface area (Å²) < 4.78 is 25.2. The van der Waals surface area contributed by atoms with E-state index in [0.717, 1.165) is 5.56 Å². The van der Waals surface area contributed by atoms with Crippen molar-refractivity contribution in [2.24, 2.45) is 0 Å². The number of halogens is 2. The maximum Gasteiger partial charge on any atom is 0.270 e. The van der Waals surface area contributed by atoms with Crippen molar-refractivity contribution in [3.63, 3.8) is 0 Å². The van der Waals surface area contributed by atoms with Crippen molar-refractivity contribution in [1.82, 2.24) is 0 Å². The van der Waals surface area contributed by atoms with Gasteiger partial charge in [-0.25, -0.2) is 4.39 Å². The fourth-order valence-electron chi connectivity index (χ4n) is 3.50. The van der Waals surface area contributed by atoms with Crippen molar-refractivity contribution in [3.05, 3.63) is 87.0 Å². The number of carbonyl (C=O) groups is 2. The van der Waals surface area contributed by atoms with Crippen molar-refractivity contribution in [3.8, 4) is 11.5 Å². The van der Waals surface area contributed by atoms with E-state index in [1.54, 1.807) is 43.5 Å². The zero-order valence-corrected chi connectivity index (χ0v) is 22.4. The first-order valence-corrected chi connectivity index (χ1v) is 12.8. The minimum atomic E-state index is -0.395. The van der Waals surface area contributed by atoms with Crippen molar-refractivity contribution in [2.45, 2.75) is 6.92 Å². The van der Waals surface area contributed by atoms with E-state index in [2.05, 4.69) is 21.2 Å². The SMILES string of the molecule is CCOc1cc(/C=C2/SC(=S)N(c3cccc(C(=O)Nc4ccc(F)cc4)c3)C2=O)cc(Br)c1OC. The molecule has 36 heavy (non-hydrogen) atoms. The number of anilines is 2. The van der Waals surface area contributed by atoms with Gasteiger partial charge in [0.2, 0.25) is 0 Å². The average molecular weight is 587 g/mol. The van der Waals surface area contributed by atoms with Crippen LogP contribution in [0.5, 0.6) is 11.5 Å². The Labute approximate surface area is 225 Å². The standard InChI is InChI=1S/C26H20BrFN2O4S2/c1-3-34-21-12-15(11-20(27)23(21)33-2)13-22-25(32)30(26(35)36-22)19-6-4-5-16(14-19)24(31)29-18-9-7-17(28)8-10-18/h4-14H,3H2,1-2H3,(H,29,31)/b22-13+. The minimum Gasteiger partial charge on any atom is -0.492 e. The second-order valence-electron chi connectivity index (χ2n) is 7.50. The molecule has 3 aromatic rings. The van der Waals surface area contributed by atoms with Gasteiger partial charge in [-0.2, -0.15) is 0 Å². The third-order valence-corrected chi connectivity index (χ3v) is 6.99. The summed E-state index contributed by atoms with van der Waals surface area (Å²) in [6.07, 6.45) is 1.73. The van der Waals surface area contributed by atoms with Gasteiger partial charge in [-0.05, 0) is 89.1 Å². The highest BCUT2D eigenvalue weighted by Gasteiger charge is 2.33. The first-order valence-electron chi connectivity index (χ1n) is 10.8. The average Bonchev–Trinajstić information content (AvgIpc) is 3.13. The van der Waals surface area contributed by atoms with Crippen LogP contribution in [0.25, 0.3) is 6.08 Å². The van der Waals surface area contributed by atoms with Crippen LogP contribution in [0.15, 0.2) is 70.0 Å². The molecule has 1 N–H and O–H groups in total. The summed E-state index contributed by atoms with van der Waals surface area (Å²) in [7, 11) is 1.56. The summed E-state index contributed by atoms with van der Waals surface area (Å²) in [4.78, 5) is 27.8. The van der Waals surface area contributed by atoms with Crippen molar-refractivity contribution in [2.75, 3.05) is 23.9 Å². The Hall–Kier alpha value is -3.21. The van der Waals surface area contributed by atoms with Crippen LogP contribution in [-0.2, 0) is 4.79 Å². The molecule has 0 radical (unpaired) electrons. The van der Waals surface area contributed by atoms with Crippen LogP contribution in [-0.4, -0.2) is 29.9 Å². The lowest BCUT2D eigenvalue weighted by Gasteiger charge is -2.15. The predicted octanol–water partition coefficient (Wildman–Crippen LogP) is 6.65. The monoisotopic (exact) mass is 586 g/mol. The molecule has 0 aliphatic carbocycles. The van der Waals surface area contributed by atoms with Crippen LogP contribution >= 0.6 is 39.9 Å². The summed E-state index contributed by atoms with van der Waals surface area (Å²) >= 11 is 10.1. The summed E-state index contributed by atoms with van der Waals surface area (Å²) in [5.74, 6) is 0.0312. The Morgan fingerprint density at radius 1 is 1.19 bits per heavy atom. The van der Waals surface area contributed by atoms with Gasteiger partial charge in [-0.15, -0.1) is 0 Å². The third kappa shape index (κ3) is 5.61. The van der Waals surface area contributed by atoms with Gasteiger partial charge in [0.05, 0.1) is 28.8 Å². The number of thiocarbonyl (C=S) groups is 1. The normalized spacial score (nSPS) is 14.3. The van der Waals surface area contributed by atoms with Crippen LogP contribution in [0.3, 0.4) is 0 Å². The number of rotatable bonds is 7. The number of methoxy groups -OCH3 is 1. The molecule has 1 aliphatic rings. The van der Waals surface area contributed by atoms with Crippen LogP contribution in [0.1, 0.15) is 22.8 Å². The molecule has 0 unspecified atom stereocenters. The van der Waals surface area contributed by atoms with E-state index in [1.165, 1.54) is 40.9 Å². The molecule has 1 aliphatic heterocycles. The molecule has 10 heteroatoms. The predicted molar refractivity (Wildman–Crippen MR) is 148 cm³/mol. The van der Waals surface area contributed by atoms with E-state index in [-0.39, 0.29) is 5.91 Å². The van der Waals surface area contributed by atoms with E-state index in [4.69, 9.17) is 21.7 Å². The number of ether oxygens (including phenoxy) is 2. The maximum absolute atomic E-state index is 13.3. The van der Waals surface area contributed by atoms with Gasteiger partial charge in [-0.3, -0.25) is 14.5 Å². The molecule has 6 nitrogen and oxygen atoms in total. The van der Waals surface area contributed by atoms with Crippen LogP contribution < -0.4 is 19.7 Å². The Balaban J connectivity index is 1.58. The molecule has 4 rings (SSSR count). The highest BCUT2D eigenvalue weighted by Crippen LogP contribution is 2.40. The molecule has 3 aromatic carbocycles. The lowest BCUT2D eigenvalue weighted by molar-refractivity contribution is -0.113. The molecule has 1 heterocycles. The van der Waals surface area contributed by atoms with E-state index in [1.807, 2.05) is 13.0 Å². The minimum absolute atomic E-state index is 0.300. The zero-order valence-electron chi connectivity index (χ0n) is 19.2. The fraction of sp³-hybridized carbons (Fsp3) is 0.115. The number of amides is 2. The molecular formula is C26H20BrFN2O4S2. The lowest BCUT2D eigenvalue weighted by atomic mass is 10.1. The number of nitrogens with one attached hydrogen (secondary N) is 1. The Kier molecular flexibility index (Phi) is 8.07. The van der Waals surface area contributed by atoms with Crippen LogP contribution in [0.2, 0.25) is 0 Å². The van der Waals surface area contributed by atoms with E-state index >= 15 is 0 Å². The first-order chi connectivity index (χ1) is 17.3. The smallest absolute Gasteiger partial charge is 0.270 e. The molecule has 2 amide bonds. The molecule has 0 spiro atoms. The maximum atomic E-state index is 13.3. The van der Waals surface area contributed by atoms with Crippen LogP contribution in [0, 0.1) is 5.82 Å². The van der Waals surface area contributed by atoms with Crippen molar-refractivity contribution in [1.29, 1.82) is 0 Å². The summed E-state index contributed by atoms with van der Waals surface area (Å²) in [5.41, 5.74) is 1.99. The molecule has 0 atom stereocenters. The highest BCUT2D eigenvalue weighted by atomic mass is 79.9. The number of hydrogen-bond donors (Lipinski definition) is 1. The number of carbonyl (C=O) groups excluding carboxylic acids is 2. The van der Waals surface area contributed by atoms with Gasteiger partial charge in [-0.1, -0.05) is 30.0 Å². The number of benzene rings is 3. The Bertz CT molecular complexity index is 1380. The largest absolute Gasteiger partial charge is 0.492 e. The molecular weight excluding hydrogens is 567 g/mol. The highest BCUT2D eigenvalue weighted by molar-refractivity contribution is 9.10. The number of hydrogen-bond acceptors (Lipinski definition) is 6. The molecule has 0 aromatic heterocycles. The summed E-state index contributed by atoms with van der Waals surface area (Å²) in [6.45, 7) is 2.33. The lowest BCUT2D eigenvalue weighted by Crippen LogP contribution is -2.27. The van der Waals surface area contributed by atoms with E-state index < -0.39 is 11.7 Å². The van der Waals surface area contributed by atoms with E-state index in [0.29, 0.717) is 48.7 Å². The van der Waals surface area contributed by atoms with Gasteiger partial charge < -0.3 is 14.8 Å². The zero-order chi connectivity index (χ0) is 25.8. The number of thioether (sulfide) groups is 1. The van der Waals surface area contributed by atoms with Crippen molar-refractivity contribution >= 4 is 73.5 Å². The Morgan fingerprint density at radius 3 is 2.64 bits per heavy atom. The van der Waals surface area contributed by atoms with Gasteiger partial charge >= 0.3 is 0 Å². The summed E-state index contributed by atoms with van der Waals surface area (Å²) in [5, 5.41) is 2.71. The van der Waals surface area contributed by atoms with Gasteiger partial charge in [0.15, 0.2) is 15.8 Å². The van der Waals surface area contributed by atoms with Crippen molar-refractivity contribution < 1.29 is 23.5 Å². The molecule has 0 bridgehead atoms. The second kappa shape index (κ2) is 11.2. The first kappa shape index (κ1) is 25.9. The van der Waals surface area contributed by atoms with Gasteiger partial charge in [0.25, 0.3) is 11.8 Å². The third-order valence-electron chi connectivity index (χ3n) is 5.10. The summed E-state index contributed by atoms with van der Waals surface area (Å²) in [6, 6.07) is 15.7. The topological polar surface area (TPSA) is 67.9 Å². The quantitative estimate of drug-likeness (QED) is 0.247. The molecule has 1 fully saturated rings. The Morgan fingerprint density at radius 2 is 1.94 bits per heavy atom. The molecule has 0 saturated carbocycles. The van der Waals surface area contributed by atoms with Gasteiger partial charge in [0, 0.05) is 11.3 Å². The van der Waals surface area contributed by atoms with Gasteiger partial charge in [0.1, 0.15) is 5.82 Å². The van der Waals surface area contributed by atoms with Crippen LogP contribution in [0.4, 0.5) is 15.8 Å². The number of nitrogens with zero attached hydrogens (tertiary/aromatic N) is 1. The fourth-order valence-corrected chi connectivity index (χ4v) is 5.42. The second-order valence-corrected chi connectivity index (χ2v) is 10.0. The molecule has 1 saturated heterocycles. The molecule has 184 valence electrons. The van der Waals surface area contributed by atoms with E-state index in [9.17, 15) is 14.0 Å².